The molecule has 0 spiro atoms. The number of nitro benzene ring substituents is 1. The lowest BCUT2D eigenvalue weighted by Crippen LogP contribution is -2.04. The van der Waals surface area contributed by atoms with E-state index in [0.29, 0.717) is 0 Å². The zero-order valence-electron chi connectivity index (χ0n) is 8.26. The molecule has 0 aliphatic carbocycles. The second-order valence-corrected chi connectivity index (χ2v) is 2.96. The smallest absolute Gasteiger partial charge is 0.287 e. The molecule has 6 nitrogen and oxygen atoms in total. The summed E-state index contributed by atoms with van der Waals surface area (Å²) in [4.78, 5) is 31.7. The summed E-state index contributed by atoms with van der Waals surface area (Å²) in [5.41, 5.74) is -1.08. The third-order valence-electron chi connectivity index (χ3n) is 2.03. The van der Waals surface area contributed by atoms with Gasteiger partial charge in [-0.3, -0.25) is 19.7 Å². The number of nitrogens with zero attached hydrogens (tertiary/aromatic N) is 2. The Morgan fingerprint density at radius 1 is 1.56 bits per heavy atom. The molecule has 80 valence electrons. The van der Waals surface area contributed by atoms with Gasteiger partial charge in [-0.15, -0.1) is 0 Å². The fraction of sp³-hybridized carbons (Fsp3) is 0.100. The van der Waals surface area contributed by atoms with Crippen molar-refractivity contribution >= 4 is 17.8 Å². The monoisotopic (exact) mass is 218 g/mol. The maximum Gasteiger partial charge on any atom is 0.287 e. The first-order chi connectivity index (χ1) is 7.52. The highest BCUT2D eigenvalue weighted by molar-refractivity contribution is 6.03. The van der Waals surface area contributed by atoms with Crippen molar-refractivity contribution in [2.75, 3.05) is 0 Å². The molecule has 6 heteroatoms. The van der Waals surface area contributed by atoms with Gasteiger partial charge < -0.3 is 0 Å². The van der Waals surface area contributed by atoms with Crippen molar-refractivity contribution in [3.8, 4) is 6.07 Å². The molecule has 0 radical (unpaired) electrons. The van der Waals surface area contributed by atoms with E-state index >= 15 is 0 Å². The van der Waals surface area contributed by atoms with Gasteiger partial charge >= 0.3 is 0 Å². The fourth-order valence-corrected chi connectivity index (χ4v) is 1.31. The van der Waals surface area contributed by atoms with Crippen LogP contribution >= 0.6 is 0 Å². The molecule has 0 aliphatic heterocycles. The van der Waals surface area contributed by atoms with Gasteiger partial charge in [-0.1, -0.05) is 0 Å². The van der Waals surface area contributed by atoms with Crippen LogP contribution in [0.5, 0.6) is 0 Å². The van der Waals surface area contributed by atoms with E-state index in [1.54, 1.807) is 6.07 Å². The Morgan fingerprint density at radius 2 is 2.19 bits per heavy atom. The molecule has 0 fully saturated rings. The standard InChI is InChI=1S/C10H6N2O4/c1-6(14)7-2-3-10(12(15)16)8(4-11)9(7)5-13/h2-3,5H,1H3. The number of carbonyl (C=O) groups is 2. The SMILES string of the molecule is CC(=O)c1ccc([N+](=O)[O-])c(C#N)c1C=O. The maximum atomic E-state index is 11.1. The van der Waals surface area contributed by atoms with Crippen LogP contribution in [0.4, 0.5) is 5.69 Å². The van der Waals surface area contributed by atoms with Gasteiger partial charge in [0.25, 0.3) is 5.69 Å². The Hall–Kier alpha value is -2.55. The Balaban J connectivity index is 3.67. The molecular formula is C10H6N2O4. The zero-order chi connectivity index (χ0) is 12.3. The molecule has 0 unspecified atom stereocenters. The molecule has 0 amide bonds. The molecule has 1 aromatic rings. The van der Waals surface area contributed by atoms with Crippen molar-refractivity contribution in [1.29, 1.82) is 5.26 Å². The maximum absolute atomic E-state index is 11.1. The van der Waals surface area contributed by atoms with E-state index in [-0.39, 0.29) is 23.0 Å². The number of aldehydes is 1. The fourth-order valence-electron chi connectivity index (χ4n) is 1.31. The lowest BCUT2D eigenvalue weighted by atomic mass is 9.98. The molecule has 0 bridgehead atoms. The van der Waals surface area contributed by atoms with Gasteiger partial charge in [0.2, 0.25) is 0 Å². The van der Waals surface area contributed by atoms with E-state index in [1.165, 1.54) is 13.0 Å². The third kappa shape index (κ3) is 1.79. The normalized spacial score (nSPS) is 9.25. The first-order valence-electron chi connectivity index (χ1n) is 4.20. The Bertz CT molecular complexity index is 528. The average molecular weight is 218 g/mol. The summed E-state index contributed by atoms with van der Waals surface area (Å²) in [6.07, 6.45) is 0.280. The highest BCUT2D eigenvalue weighted by Gasteiger charge is 2.21. The van der Waals surface area contributed by atoms with Gasteiger partial charge in [0.1, 0.15) is 11.6 Å². The predicted molar refractivity (Wildman–Crippen MR) is 53.2 cm³/mol. The van der Waals surface area contributed by atoms with E-state index in [2.05, 4.69) is 0 Å². The van der Waals surface area contributed by atoms with Crippen LogP contribution in [0.3, 0.4) is 0 Å². The average Bonchev–Trinajstić information content (AvgIpc) is 2.26. The number of benzene rings is 1. The minimum absolute atomic E-state index is 0.0113. The van der Waals surface area contributed by atoms with Gasteiger partial charge in [-0.25, -0.2) is 0 Å². The van der Waals surface area contributed by atoms with Crippen LogP contribution in [0.25, 0.3) is 0 Å². The summed E-state index contributed by atoms with van der Waals surface area (Å²) >= 11 is 0. The molecule has 0 aliphatic rings. The summed E-state index contributed by atoms with van der Waals surface area (Å²) in [5, 5.41) is 19.3. The van der Waals surface area contributed by atoms with Crippen LogP contribution in [-0.2, 0) is 0 Å². The minimum Gasteiger partial charge on any atom is -0.298 e. The number of nitro groups is 1. The summed E-state index contributed by atoms with van der Waals surface area (Å²) < 4.78 is 0. The van der Waals surface area contributed by atoms with Gasteiger partial charge in [-0.2, -0.15) is 5.26 Å². The molecule has 0 saturated heterocycles. The van der Waals surface area contributed by atoms with E-state index in [0.717, 1.165) is 6.07 Å². The summed E-state index contributed by atoms with van der Waals surface area (Å²) in [6, 6.07) is 3.78. The van der Waals surface area contributed by atoms with Gasteiger partial charge in [-0.05, 0) is 13.0 Å². The van der Waals surface area contributed by atoms with E-state index in [1.807, 2.05) is 0 Å². The Morgan fingerprint density at radius 3 is 2.56 bits per heavy atom. The van der Waals surface area contributed by atoms with Gasteiger partial charge in [0.15, 0.2) is 12.1 Å². The number of ketones is 1. The van der Waals surface area contributed by atoms with E-state index < -0.39 is 16.4 Å². The second-order valence-electron chi connectivity index (χ2n) is 2.96. The predicted octanol–water partition coefficient (Wildman–Crippen LogP) is 1.48. The van der Waals surface area contributed by atoms with Gasteiger partial charge in [0.05, 0.1) is 4.92 Å². The number of hydrogen-bond donors (Lipinski definition) is 0. The Labute approximate surface area is 90.3 Å². The molecule has 0 N–H and O–H groups in total. The van der Waals surface area contributed by atoms with Crippen molar-refractivity contribution in [3.05, 3.63) is 38.9 Å². The zero-order valence-corrected chi connectivity index (χ0v) is 8.26. The minimum atomic E-state index is -0.768. The second kappa shape index (κ2) is 4.31. The van der Waals surface area contributed by atoms with Gasteiger partial charge in [0, 0.05) is 17.2 Å². The molecule has 1 rings (SSSR count). The van der Waals surface area contributed by atoms with Crippen molar-refractivity contribution in [2.45, 2.75) is 6.92 Å². The number of rotatable bonds is 3. The van der Waals surface area contributed by atoms with Crippen LogP contribution in [0.1, 0.15) is 33.2 Å². The lowest BCUT2D eigenvalue weighted by Gasteiger charge is -2.02. The first-order valence-corrected chi connectivity index (χ1v) is 4.20. The van der Waals surface area contributed by atoms with Crippen LogP contribution in [0, 0.1) is 21.4 Å². The number of carbonyl (C=O) groups excluding carboxylic acids is 2. The first kappa shape index (κ1) is 11.5. The lowest BCUT2D eigenvalue weighted by molar-refractivity contribution is -0.385. The molecule has 1 aromatic carbocycles. The largest absolute Gasteiger partial charge is 0.298 e. The van der Waals surface area contributed by atoms with E-state index in [9.17, 15) is 19.7 Å². The quantitative estimate of drug-likeness (QED) is 0.331. The van der Waals surface area contributed by atoms with Crippen molar-refractivity contribution in [2.24, 2.45) is 0 Å². The van der Waals surface area contributed by atoms with Crippen LogP contribution in [-0.4, -0.2) is 17.0 Å². The molecule has 16 heavy (non-hydrogen) atoms. The molecule has 0 atom stereocenters. The van der Waals surface area contributed by atoms with Crippen LogP contribution in [0.2, 0.25) is 0 Å². The molecular weight excluding hydrogens is 212 g/mol. The molecule has 0 heterocycles. The third-order valence-corrected chi connectivity index (χ3v) is 2.03. The summed E-state index contributed by atoms with van der Waals surface area (Å²) in [6.45, 7) is 1.22. The summed E-state index contributed by atoms with van der Waals surface area (Å²) in [5.74, 6) is -0.423. The number of Topliss-reactive ketones (excluding diaryl/α,β-unsaturated/α-hetero) is 1. The Kier molecular flexibility index (Phi) is 3.11. The van der Waals surface area contributed by atoms with Crippen molar-refractivity contribution < 1.29 is 14.5 Å². The topological polar surface area (TPSA) is 101 Å². The van der Waals surface area contributed by atoms with E-state index in [4.69, 9.17) is 5.26 Å². The van der Waals surface area contributed by atoms with Crippen LogP contribution < -0.4 is 0 Å². The van der Waals surface area contributed by atoms with Crippen LogP contribution in [0.15, 0.2) is 12.1 Å². The summed E-state index contributed by atoms with van der Waals surface area (Å²) in [7, 11) is 0. The van der Waals surface area contributed by atoms with Crippen molar-refractivity contribution in [1.82, 2.24) is 0 Å². The number of hydrogen-bond acceptors (Lipinski definition) is 5. The van der Waals surface area contributed by atoms with Crippen molar-refractivity contribution in [3.63, 3.8) is 0 Å². The highest BCUT2D eigenvalue weighted by atomic mass is 16.6. The molecule has 0 aromatic heterocycles. The highest BCUT2D eigenvalue weighted by Crippen LogP contribution is 2.23. The number of nitriles is 1. The molecule has 0 saturated carbocycles.